The molecule has 1 unspecified atom stereocenters. The Morgan fingerprint density at radius 1 is 1.25 bits per heavy atom. The van der Waals surface area contributed by atoms with Crippen molar-refractivity contribution < 1.29 is 14.6 Å². The largest absolute Gasteiger partial charge is 0.388 e. The van der Waals surface area contributed by atoms with Crippen molar-refractivity contribution in [3.63, 3.8) is 0 Å². The van der Waals surface area contributed by atoms with Gasteiger partial charge in [-0.1, -0.05) is 30.3 Å². The number of hydrogen-bond acceptors (Lipinski definition) is 3. The predicted molar refractivity (Wildman–Crippen MR) is 79.6 cm³/mol. The zero-order valence-corrected chi connectivity index (χ0v) is 12.8. The van der Waals surface area contributed by atoms with Gasteiger partial charge in [0.2, 0.25) is 5.91 Å². The summed E-state index contributed by atoms with van der Waals surface area (Å²) in [5, 5.41) is 13.0. The van der Waals surface area contributed by atoms with E-state index < -0.39 is 11.0 Å². The topological polar surface area (TPSA) is 58.6 Å². The van der Waals surface area contributed by atoms with Gasteiger partial charge in [-0.15, -0.1) is 0 Å². The molecule has 2 N–H and O–H groups in total. The maximum absolute atomic E-state index is 12.3. The number of nitrogens with one attached hydrogen (secondary N) is 1. The molecule has 0 saturated heterocycles. The molecule has 1 atom stereocenters. The summed E-state index contributed by atoms with van der Waals surface area (Å²) in [6, 6.07) is 9.62. The number of hydrogen-bond donors (Lipinski definition) is 2. The van der Waals surface area contributed by atoms with Gasteiger partial charge < -0.3 is 15.2 Å². The van der Waals surface area contributed by atoms with Crippen molar-refractivity contribution in [2.24, 2.45) is 0 Å². The van der Waals surface area contributed by atoms with Gasteiger partial charge in [-0.05, 0) is 26.3 Å². The fraction of sp³-hybridized carbons (Fsp3) is 0.562. The molecule has 0 aliphatic carbocycles. The first-order valence-electron chi connectivity index (χ1n) is 6.85. The predicted octanol–water partition coefficient (Wildman–Crippen LogP) is 1.87. The Labute approximate surface area is 121 Å². The van der Waals surface area contributed by atoms with Crippen LogP contribution in [-0.4, -0.2) is 36.9 Å². The highest BCUT2D eigenvalue weighted by Crippen LogP contribution is 2.23. The van der Waals surface area contributed by atoms with E-state index in [2.05, 4.69) is 5.32 Å². The summed E-state index contributed by atoms with van der Waals surface area (Å²) in [5.74, 6) is -0.0959. The lowest BCUT2D eigenvalue weighted by molar-refractivity contribution is -0.127. The standard InChI is InChI=1S/C16H25NO3/c1-15(2,13-8-6-5-7-9-13)14(18)17-12-16(3,19)10-11-20-4/h5-9,19H,10-12H2,1-4H3,(H,17,18). The zero-order chi connectivity index (χ0) is 15.2. The molecule has 1 amide bonds. The fourth-order valence-corrected chi connectivity index (χ4v) is 1.89. The summed E-state index contributed by atoms with van der Waals surface area (Å²) >= 11 is 0. The second-order valence-electron chi connectivity index (χ2n) is 5.91. The molecule has 0 aliphatic rings. The first-order chi connectivity index (χ1) is 9.29. The average molecular weight is 279 g/mol. The third-order valence-corrected chi connectivity index (χ3v) is 3.54. The molecule has 0 fully saturated rings. The zero-order valence-electron chi connectivity index (χ0n) is 12.8. The van der Waals surface area contributed by atoms with Crippen LogP contribution in [0.4, 0.5) is 0 Å². The van der Waals surface area contributed by atoms with Crippen molar-refractivity contribution in [1.82, 2.24) is 5.32 Å². The Morgan fingerprint density at radius 2 is 1.85 bits per heavy atom. The van der Waals surface area contributed by atoms with E-state index in [0.717, 1.165) is 5.56 Å². The van der Waals surface area contributed by atoms with Crippen LogP contribution in [0.5, 0.6) is 0 Å². The molecule has 0 radical (unpaired) electrons. The maximum atomic E-state index is 12.3. The molecular formula is C16H25NO3. The molecule has 0 heterocycles. The molecule has 20 heavy (non-hydrogen) atoms. The minimum absolute atomic E-state index is 0.0959. The van der Waals surface area contributed by atoms with Crippen molar-refractivity contribution in [3.8, 4) is 0 Å². The smallest absolute Gasteiger partial charge is 0.230 e. The van der Waals surface area contributed by atoms with Crippen molar-refractivity contribution in [3.05, 3.63) is 35.9 Å². The molecule has 0 saturated carbocycles. The number of benzene rings is 1. The summed E-state index contributed by atoms with van der Waals surface area (Å²) in [4.78, 5) is 12.3. The van der Waals surface area contributed by atoms with Gasteiger partial charge in [0.1, 0.15) is 0 Å². The number of carbonyl (C=O) groups excluding carboxylic acids is 1. The Balaban J connectivity index is 2.62. The highest BCUT2D eigenvalue weighted by atomic mass is 16.5. The van der Waals surface area contributed by atoms with Crippen LogP contribution in [0.25, 0.3) is 0 Å². The van der Waals surface area contributed by atoms with Crippen LogP contribution in [0.15, 0.2) is 30.3 Å². The number of amides is 1. The number of rotatable bonds is 7. The van der Waals surface area contributed by atoms with E-state index in [4.69, 9.17) is 4.74 Å². The highest BCUT2D eigenvalue weighted by Gasteiger charge is 2.31. The maximum Gasteiger partial charge on any atom is 0.230 e. The minimum Gasteiger partial charge on any atom is -0.388 e. The molecule has 112 valence electrons. The molecule has 0 aromatic heterocycles. The van der Waals surface area contributed by atoms with E-state index in [1.54, 1.807) is 14.0 Å². The molecule has 1 aromatic rings. The van der Waals surface area contributed by atoms with Crippen LogP contribution in [0.1, 0.15) is 32.8 Å². The van der Waals surface area contributed by atoms with E-state index in [0.29, 0.717) is 13.0 Å². The molecular weight excluding hydrogens is 254 g/mol. The fourth-order valence-electron chi connectivity index (χ4n) is 1.89. The van der Waals surface area contributed by atoms with Crippen molar-refractivity contribution >= 4 is 5.91 Å². The highest BCUT2D eigenvalue weighted by molar-refractivity contribution is 5.87. The van der Waals surface area contributed by atoms with Crippen molar-refractivity contribution in [1.29, 1.82) is 0 Å². The third-order valence-electron chi connectivity index (χ3n) is 3.54. The second kappa shape index (κ2) is 6.86. The second-order valence-corrected chi connectivity index (χ2v) is 5.91. The van der Waals surface area contributed by atoms with Gasteiger partial charge in [0.15, 0.2) is 0 Å². The summed E-state index contributed by atoms with van der Waals surface area (Å²) in [6.45, 7) is 6.13. The van der Waals surface area contributed by atoms with E-state index in [1.807, 2.05) is 44.2 Å². The number of carbonyl (C=O) groups is 1. The molecule has 1 aromatic carbocycles. The summed E-state index contributed by atoms with van der Waals surface area (Å²) < 4.78 is 4.95. The van der Waals surface area contributed by atoms with Crippen LogP contribution < -0.4 is 5.32 Å². The van der Waals surface area contributed by atoms with Crippen LogP contribution in [0, 0.1) is 0 Å². The van der Waals surface area contributed by atoms with Crippen LogP contribution in [0.2, 0.25) is 0 Å². The van der Waals surface area contributed by atoms with Crippen LogP contribution >= 0.6 is 0 Å². The average Bonchev–Trinajstić information content (AvgIpc) is 2.43. The SMILES string of the molecule is COCCC(C)(O)CNC(=O)C(C)(C)c1ccccc1. The van der Waals surface area contributed by atoms with Gasteiger partial charge in [-0.3, -0.25) is 4.79 Å². The van der Waals surface area contributed by atoms with Gasteiger partial charge in [0.05, 0.1) is 11.0 Å². The Bertz CT molecular complexity index is 427. The lowest BCUT2D eigenvalue weighted by Crippen LogP contribution is -2.47. The van der Waals surface area contributed by atoms with Gasteiger partial charge >= 0.3 is 0 Å². The van der Waals surface area contributed by atoms with Gasteiger partial charge in [0.25, 0.3) is 0 Å². The van der Waals surface area contributed by atoms with Crippen LogP contribution in [0.3, 0.4) is 0 Å². The van der Waals surface area contributed by atoms with Gasteiger partial charge in [-0.2, -0.15) is 0 Å². The molecule has 1 rings (SSSR count). The number of methoxy groups -OCH3 is 1. The normalized spacial score (nSPS) is 14.7. The van der Waals surface area contributed by atoms with E-state index in [1.165, 1.54) is 0 Å². The van der Waals surface area contributed by atoms with E-state index >= 15 is 0 Å². The van der Waals surface area contributed by atoms with Gasteiger partial charge in [-0.25, -0.2) is 0 Å². The van der Waals surface area contributed by atoms with E-state index in [9.17, 15) is 9.90 Å². The van der Waals surface area contributed by atoms with Gasteiger partial charge in [0, 0.05) is 26.7 Å². The summed E-state index contributed by atoms with van der Waals surface area (Å²) in [7, 11) is 1.59. The summed E-state index contributed by atoms with van der Waals surface area (Å²) in [6.07, 6.45) is 0.482. The lowest BCUT2D eigenvalue weighted by atomic mass is 9.83. The molecule has 4 heteroatoms. The number of aliphatic hydroxyl groups is 1. The number of ether oxygens (including phenoxy) is 1. The Hall–Kier alpha value is -1.39. The first-order valence-corrected chi connectivity index (χ1v) is 6.85. The molecule has 4 nitrogen and oxygen atoms in total. The Kier molecular flexibility index (Phi) is 5.72. The van der Waals surface area contributed by atoms with Crippen molar-refractivity contribution in [2.45, 2.75) is 38.2 Å². The van der Waals surface area contributed by atoms with E-state index in [-0.39, 0.29) is 12.5 Å². The van der Waals surface area contributed by atoms with Crippen LogP contribution in [-0.2, 0) is 14.9 Å². The lowest BCUT2D eigenvalue weighted by Gasteiger charge is -2.28. The third kappa shape index (κ3) is 4.62. The first kappa shape index (κ1) is 16.7. The Morgan fingerprint density at radius 3 is 2.40 bits per heavy atom. The molecule has 0 spiro atoms. The quantitative estimate of drug-likeness (QED) is 0.801. The van der Waals surface area contributed by atoms with Crippen molar-refractivity contribution in [2.75, 3.05) is 20.3 Å². The summed E-state index contributed by atoms with van der Waals surface area (Å²) in [5.41, 5.74) is -0.633. The molecule has 0 bridgehead atoms. The monoisotopic (exact) mass is 279 g/mol. The minimum atomic E-state index is -0.960. The molecule has 0 aliphatic heterocycles.